The molecule has 3 aliphatic heterocycles. The van der Waals surface area contributed by atoms with Gasteiger partial charge in [-0.15, -0.1) is 11.8 Å². The molecule has 5 rings (SSSR count). The first-order valence-corrected chi connectivity index (χ1v) is 14.3. The number of thioether (sulfide) groups is 1. The van der Waals surface area contributed by atoms with Gasteiger partial charge in [-0.25, -0.2) is 9.18 Å². The van der Waals surface area contributed by atoms with E-state index in [1.807, 2.05) is 0 Å². The lowest BCUT2D eigenvalue weighted by Crippen LogP contribution is -2.69. The molecular formula is C28H25F4N5O8S. The number of fused-ring (bicyclic) bond motifs is 1. The second kappa shape index (κ2) is 13.6. The second-order valence-corrected chi connectivity index (χ2v) is 11.2. The van der Waals surface area contributed by atoms with Crippen molar-refractivity contribution in [3.05, 3.63) is 77.0 Å². The number of aliphatic carboxylic acids is 2. The molecule has 0 spiro atoms. The smallest absolute Gasteiger partial charge is 0.490 e. The number of rotatable bonds is 7. The Morgan fingerprint density at radius 1 is 1.17 bits per heavy atom. The third-order valence-corrected chi connectivity index (χ3v) is 8.25. The normalized spacial score (nSPS) is 20.2. The number of amides is 3. The molecule has 1 aromatic heterocycles. The highest BCUT2D eigenvalue weighted by Gasteiger charge is 2.50. The van der Waals surface area contributed by atoms with Crippen molar-refractivity contribution in [2.75, 3.05) is 17.6 Å². The van der Waals surface area contributed by atoms with Crippen LogP contribution < -0.4 is 20.7 Å². The molecule has 13 nitrogen and oxygen atoms in total. The number of anilines is 1. The predicted octanol–water partition coefficient (Wildman–Crippen LogP) is -0.00410. The van der Waals surface area contributed by atoms with Gasteiger partial charge in [0.05, 0.1) is 17.4 Å². The van der Waals surface area contributed by atoms with Crippen LogP contribution in [0.5, 0.6) is 5.75 Å². The summed E-state index contributed by atoms with van der Waals surface area (Å²) in [6.07, 6.45) is 0.217. The van der Waals surface area contributed by atoms with Crippen LogP contribution in [-0.4, -0.2) is 79.6 Å². The number of pyridine rings is 1. The summed E-state index contributed by atoms with van der Waals surface area (Å²) in [4.78, 5) is 60.9. The maximum Gasteiger partial charge on any atom is 0.490 e. The molecule has 244 valence electrons. The maximum absolute atomic E-state index is 13.8. The Hall–Kier alpha value is -4.97. The fourth-order valence-corrected chi connectivity index (χ4v) is 5.93. The number of hydrogen-bond donors (Lipinski definition) is 4. The number of phenols is 1. The van der Waals surface area contributed by atoms with Gasteiger partial charge in [-0.1, -0.05) is 0 Å². The van der Waals surface area contributed by atoms with Crippen LogP contribution in [0.3, 0.4) is 0 Å². The largest absolute Gasteiger partial charge is 0.543 e. The van der Waals surface area contributed by atoms with E-state index >= 15 is 0 Å². The summed E-state index contributed by atoms with van der Waals surface area (Å²) in [5, 5.41) is 30.2. The van der Waals surface area contributed by atoms with Crippen LogP contribution in [0.1, 0.15) is 12.0 Å². The number of likely N-dealkylation sites (tertiary alicyclic amines) is 1. The lowest BCUT2D eigenvalue weighted by Gasteiger charge is -2.49. The molecule has 5 N–H and O–H groups in total. The number of alkyl halides is 3. The van der Waals surface area contributed by atoms with Crippen LogP contribution in [0.2, 0.25) is 0 Å². The molecule has 18 heteroatoms. The Labute approximate surface area is 261 Å². The number of halogens is 4. The highest BCUT2D eigenvalue weighted by atomic mass is 32.2. The van der Waals surface area contributed by atoms with Crippen molar-refractivity contribution in [2.45, 2.75) is 37.1 Å². The van der Waals surface area contributed by atoms with Crippen molar-refractivity contribution in [1.29, 1.82) is 0 Å². The highest BCUT2D eigenvalue weighted by molar-refractivity contribution is 8.00. The molecule has 0 bridgehead atoms. The summed E-state index contributed by atoms with van der Waals surface area (Å²) in [7, 11) is 0. The first-order valence-electron chi connectivity index (χ1n) is 13.3. The molecule has 1 aromatic carbocycles. The number of carboxylic acid groups (broad SMARTS) is 2. The van der Waals surface area contributed by atoms with E-state index in [1.165, 1.54) is 23.9 Å². The number of nitrogens with one attached hydrogen (secondary N) is 1. The topological polar surface area (TPSA) is 197 Å². The number of carbonyl (C=O) groups is 5. The zero-order valence-corrected chi connectivity index (χ0v) is 24.3. The summed E-state index contributed by atoms with van der Waals surface area (Å²) in [6.45, 7) is 0.678. The van der Waals surface area contributed by atoms with E-state index < -0.39 is 47.2 Å². The van der Waals surface area contributed by atoms with Crippen molar-refractivity contribution in [2.24, 2.45) is 5.73 Å². The summed E-state index contributed by atoms with van der Waals surface area (Å²) < 4.78 is 47.2. The van der Waals surface area contributed by atoms with Crippen LogP contribution in [0.15, 0.2) is 65.6 Å². The number of benzene rings is 1. The van der Waals surface area contributed by atoms with Crippen molar-refractivity contribution < 1.29 is 61.4 Å². The Bertz CT molecular complexity index is 1650. The van der Waals surface area contributed by atoms with Crippen LogP contribution in [0.4, 0.5) is 23.2 Å². The van der Waals surface area contributed by atoms with E-state index in [0.717, 1.165) is 16.5 Å². The third kappa shape index (κ3) is 7.63. The molecule has 46 heavy (non-hydrogen) atoms. The molecule has 4 heterocycles. The Balaban J connectivity index is 0.000000617. The quantitative estimate of drug-likeness (QED) is 0.103. The average molecular weight is 668 g/mol. The molecular weight excluding hydrogens is 642 g/mol. The van der Waals surface area contributed by atoms with E-state index in [1.54, 1.807) is 40.1 Å². The molecule has 3 amide bonds. The predicted molar refractivity (Wildman–Crippen MR) is 148 cm³/mol. The molecule has 3 aliphatic rings. The SMILES string of the molecule is N[C@@H]1C(=O)N2C(C(=O)[O-])=C(C=C3CCN(Cc4cc[n+](CC(=O)Nc5ccc(O)cc5F)cc4)C3=O)CS[C@H]12.O=C(O)C(F)(F)F. The molecule has 0 saturated carbocycles. The van der Waals surface area contributed by atoms with Gasteiger partial charge in [0.2, 0.25) is 18.4 Å². The number of aromatic nitrogens is 1. The van der Waals surface area contributed by atoms with E-state index in [4.69, 9.17) is 15.6 Å². The molecule has 0 unspecified atom stereocenters. The van der Waals surface area contributed by atoms with Crippen LogP contribution >= 0.6 is 11.8 Å². The summed E-state index contributed by atoms with van der Waals surface area (Å²) in [5.74, 6) is -6.09. The van der Waals surface area contributed by atoms with Gasteiger partial charge in [0.1, 0.15) is 23.0 Å². The summed E-state index contributed by atoms with van der Waals surface area (Å²) >= 11 is 1.35. The minimum Gasteiger partial charge on any atom is -0.543 e. The number of aromatic hydroxyl groups is 1. The number of hydrogen-bond acceptors (Lipinski definition) is 9. The van der Waals surface area contributed by atoms with Crippen molar-refractivity contribution in [3.8, 4) is 5.75 Å². The number of carbonyl (C=O) groups excluding carboxylic acids is 4. The van der Waals surface area contributed by atoms with E-state index in [0.29, 0.717) is 36.4 Å². The van der Waals surface area contributed by atoms with Crippen molar-refractivity contribution >= 4 is 47.1 Å². The van der Waals surface area contributed by atoms with Gasteiger partial charge in [0.15, 0.2) is 12.4 Å². The van der Waals surface area contributed by atoms with E-state index in [9.17, 15) is 47.0 Å². The van der Waals surface area contributed by atoms with Crippen molar-refractivity contribution in [1.82, 2.24) is 9.80 Å². The average Bonchev–Trinajstić information content (AvgIpc) is 3.32. The number of phenolic OH excluding ortho intramolecular Hbond substituents is 1. The first-order chi connectivity index (χ1) is 21.6. The van der Waals surface area contributed by atoms with Crippen molar-refractivity contribution in [3.63, 3.8) is 0 Å². The van der Waals surface area contributed by atoms with E-state index in [2.05, 4.69) is 5.32 Å². The lowest BCUT2D eigenvalue weighted by atomic mass is 10.0. The standard InChI is InChI=1S/C26H24FN5O6S.C2HF3O2/c27-18-10-17(33)1-2-19(18)29-20(34)12-30-6-3-14(4-7-30)11-31-8-5-15(23(31)35)9-16-13-39-25-21(28)24(36)32(25)22(16)26(37)38;3-2(4,5)1(6)7/h1-4,6-7,9-10,21,25H,5,8,11-13,28H2,(H2-,29,33,34,37,38);(H,6,7)/t21-,25-;/m1./s1. The van der Waals surface area contributed by atoms with Gasteiger partial charge in [-0.05, 0) is 35.8 Å². The Morgan fingerprint density at radius 3 is 2.41 bits per heavy atom. The fraction of sp³-hybridized carbons (Fsp3) is 0.286. The molecule has 0 aliphatic carbocycles. The highest BCUT2D eigenvalue weighted by Crippen LogP contribution is 2.40. The monoisotopic (exact) mass is 667 g/mol. The van der Waals surface area contributed by atoms with Gasteiger partial charge >= 0.3 is 12.1 Å². The number of nitrogens with two attached hydrogens (primary N) is 1. The molecule has 2 fully saturated rings. The number of β-lactam (4-membered cyclic amide) rings is 1. The third-order valence-electron chi connectivity index (χ3n) is 6.92. The Morgan fingerprint density at radius 2 is 1.83 bits per heavy atom. The minimum absolute atomic E-state index is 0.0411. The zero-order chi connectivity index (χ0) is 33.9. The number of allylic oxidation sites excluding steroid dienone is 1. The summed E-state index contributed by atoms with van der Waals surface area (Å²) in [6, 6.07) is 6.22. The molecule has 0 radical (unpaired) electrons. The lowest BCUT2D eigenvalue weighted by molar-refractivity contribution is -0.684. The first kappa shape index (κ1) is 33.9. The van der Waals surface area contributed by atoms with Crippen LogP contribution in [0, 0.1) is 5.82 Å². The molecule has 2 atom stereocenters. The van der Waals surface area contributed by atoms with Gasteiger partial charge in [-0.3, -0.25) is 19.3 Å². The minimum atomic E-state index is -5.08. The molecule has 2 aromatic rings. The number of nitrogens with zero attached hydrogens (tertiary/aromatic N) is 3. The summed E-state index contributed by atoms with van der Waals surface area (Å²) in [5.41, 5.74) is 7.12. The van der Waals surface area contributed by atoms with Crippen LogP contribution in [-0.2, 0) is 37.1 Å². The zero-order valence-electron chi connectivity index (χ0n) is 23.5. The van der Waals surface area contributed by atoms with Gasteiger partial charge < -0.3 is 36.1 Å². The number of carboxylic acids is 2. The van der Waals surface area contributed by atoms with Gasteiger partial charge in [-0.2, -0.15) is 17.7 Å². The van der Waals surface area contributed by atoms with Gasteiger partial charge in [0, 0.05) is 42.6 Å². The second-order valence-electron chi connectivity index (χ2n) is 10.1. The fourth-order valence-electron chi connectivity index (χ4n) is 4.68. The van der Waals surface area contributed by atoms with E-state index in [-0.39, 0.29) is 29.6 Å². The maximum atomic E-state index is 13.8. The Kier molecular flexibility index (Phi) is 10.0. The van der Waals surface area contributed by atoms with Gasteiger partial charge in [0.25, 0.3) is 5.91 Å². The van der Waals surface area contributed by atoms with Crippen LogP contribution in [0.25, 0.3) is 0 Å². The molecule has 2 saturated heterocycles.